The molecule has 0 heterocycles. The summed E-state index contributed by atoms with van der Waals surface area (Å²) in [6, 6.07) is 0. The van der Waals surface area contributed by atoms with Crippen molar-refractivity contribution in [2.75, 3.05) is 0 Å². The molecule has 6 atom stereocenters. The van der Waals surface area contributed by atoms with Gasteiger partial charge in [0.2, 0.25) is 0 Å². The molecule has 4 aliphatic rings. The topological polar surface area (TPSA) is 0 Å². The first-order chi connectivity index (χ1) is 9.53. The molecule has 0 aliphatic heterocycles. The fourth-order valence-corrected chi connectivity index (χ4v) is 7.12. The van der Waals surface area contributed by atoms with Crippen molar-refractivity contribution >= 4 is 0 Å². The van der Waals surface area contributed by atoms with E-state index < -0.39 is 0 Å². The predicted octanol–water partition coefficient (Wildman–Crippen LogP) is 5.98. The van der Waals surface area contributed by atoms with Crippen molar-refractivity contribution in [1.82, 2.24) is 0 Å². The smallest absolute Gasteiger partial charge is 0.00853 e. The average molecular weight is 272 g/mol. The zero-order chi connectivity index (χ0) is 14.0. The highest BCUT2D eigenvalue weighted by Crippen LogP contribution is 2.65. The second-order valence-corrected chi connectivity index (χ2v) is 9.20. The van der Waals surface area contributed by atoms with Gasteiger partial charge in [-0.2, -0.15) is 0 Å². The predicted molar refractivity (Wildman–Crippen MR) is 85.5 cm³/mol. The van der Waals surface area contributed by atoms with Crippen molar-refractivity contribution < 1.29 is 0 Å². The lowest BCUT2D eigenvalue weighted by Crippen LogP contribution is -2.48. The molecule has 4 aliphatic carbocycles. The second-order valence-electron chi connectivity index (χ2n) is 9.20. The monoisotopic (exact) mass is 272 g/mol. The SMILES string of the molecule is C[C@@H]1C[C@H]2[C@@H]3CC=C4CCCC[C@]4(C)[C@H]3CC[C@]2(C)C1. The molecule has 0 heteroatoms. The van der Waals surface area contributed by atoms with Crippen molar-refractivity contribution in [2.24, 2.45) is 34.5 Å². The van der Waals surface area contributed by atoms with E-state index in [1.165, 1.54) is 57.8 Å². The first-order valence-corrected chi connectivity index (χ1v) is 9.22. The maximum atomic E-state index is 2.70. The summed E-state index contributed by atoms with van der Waals surface area (Å²) < 4.78 is 0. The van der Waals surface area contributed by atoms with Crippen molar-refractivity contribution in [3.05, 3.63) is 11.6 Å². The van der Waals surface area contributed by atoms with E-state index in [-0.39, 0.29) is 0 Å². The summed E-state index contributed by atoms with van der Waals surface area (Å²) >= 11 is 0. The molecular formula is C20H32. The van der Waals surface area contributed by atoms with Crippen LogP contribution in [0.1, 0.15) is 78.6 Å². The summed E-state index contributed by atoms with van der Waals surface area (Å²) in [4.78, 5) is 0. The highest BCUT2D eigenvalue weighted by atomic mass is 14.6. The van der Waals surface area contributed by atoms with Crippen molar-refractivity contribution in [3.8, 4) is 0 Å². The van der Waals surface area contributed by atoms with Crippen LogP contribution >= 0.6 is 0 Å². The molecule has 4 rings (SSSR count). The van der Waals surface area contributed by atoms with Crippen LogP contribution in [0.3, 0.4) is 0 Å². The van der Waals surface area contributed by atoms with Gasteiger partial charge in [0.1, 0.15) is 0 Å². The van der Waals surface area contributed by atoms with Gasteiger partial charge in [-0.05, 0) is 85.9 Å². The quantitative estimate of drug-likeness (QED) is 0.476. The summed E-state index contributed by atoms with van der Waals surface area (Å²) in [7, 11) is 0. The first kappa shape index (κ1) is 13.4. The second kappa shape index (κ2) is 4.37. The lowest BCUT2D eigenvalue weighted by Gasteiger charge is -2.56. The minimum absolute atomic E-state index is 0.592. The minimum Gasteiger partial charge on any atom is -0.0845 e. The Balaban J connectivity index is 1.69. The summed E-state index contributed by atoms with van der Waals surface area (Å²) in [5, 5.41) is 0. The Kier molecular flexibility index (Phi) is 2.93. The number of hydrogen-bond acceptors (Lipinski definition) is 0. The Bertz CT molecular complexity index is 433. The van der Waals surface area contributed by atoms with E-state index in [1.807, 2.05) is 5.57 Å². The summed E-state index contributed by atoms with van der Waals surface area (Å²) in [5.74, 6) is 4.05. The molecule has 3 fully saturated rings. The number of fused-ring (bicyclic) bond motifs is 5. The molecule has 0 amide bonds. The molecule has 3 saturated carbocycles. The largest absolute Gasteiger partial charge is 0.0845 e. The maximum Gasteiger partial charge on any atom is -0.00853 e. The van der Waals surface area contributed by atoms with Crippen molar-refractivity contribution in [1.29, 1.82) is 0 Å². The molecule has 0 aromatic rings. The van der Waals surface area contributed by atoms with Gasteiger partial charge in [-0.15, -0.1) is 0 Å². The highest BCUT2D eigenvalue weighted by molar-refractivity contribution is 5.24. The fourth-order valence-electron chi connectivity index (χ4n) is 7.12. The molecule has 112 valence electrons. The molecule has 0 aromatic carbocycles. The third kappa shape index (κ3) is 1.72. The molecule has 0 saturated heterocycles. The maximum absolute atomic E-state index is 2.70. The van der Waals surface area contributed by atoms with Crippen LogP contribution in [0.4, 0.5) is 0 Å². The van der Waals surface area contributed by atoms with Gasteiger partial charge in [-0.3, -0.25) is 0 Å². The van der Waals surface area contributed by atoms with Gasteiger partial charge in [0.05, 0.1) is 0 Å². The van der Waals surface area contributed by atoms with Gasteiger partial charge in [0.25, 0.3) is 0 Å². The van der Waals surface area contributed by atoms with E-state index in [9.17, 15) is 0 Å². The van der Waals surface area contributed by atoms with E-state index in [1.54, 1.807) is 0 Å². The van der Waals surface area contributed by atoms with Crippen molar-refractivity contribution in [3.63, 3.8) is 0 Å². The Labute approximate surface area is 125 Å². The van der Waals surface area contributed by atoms with Crippen molar-refractivity contribution in [2.45, 2.75) is 78.6 Å². The number of allylic oxidation sites excluding steroid dienone is 2. The zero-order valence-corrected chi connectivity index (χ0v) is 13.8. The summed E-state index contributed by atoms with van der Waals surface area (Å²) in [6.07, 6.45) is 16.0. The summed E-state index contributed by atoms with van der Waals surface area (Å²) in [5.41, 5.74) is 3.14. The van der Waals surface area contributed by atoms with E-state index >= 15 is 0 Å². The molecule has 20 heavy (non-hydrogen) atoms. The van der Waals surface area contributed by atoms with Crippen LogP contribution in [0.5, 0.6) is 0 Å². The Morgan fingerprint density at radius 3 is 2.80 bits per heavy atom. The van der Waals surface area contributed by atoms with Crippen LogP contribution in [0.25, 0.3) is 0 Å². The van der Waals surface area contributed by atoms with E-state index in [0.29, 0.717) is 10.8 Å². The highest BCUT2D eigenvalue weighted by Gasteiger charge is 2.56. The van der Waals surface area contributed by atoms with Gasteiger partial charge in [0.15, 0.2) is 0 Å². The summed E-state index contributed by atoms with van der Waals surface area (Å²) in [6.45, 7) is 7.76. The number of hydrogen-bond donors (Lipinski definition) is 0. The van der Waals surface area contributed by atoms with Gasteiger partial charge < -0.3 is 0 Å². The average Bonchev–Trinajstić information content (AvgIpc) is 2.72. The Hall–Kier alpha value is -0.260. The van der Waals surface area contributed by atoms with Gasteiger partial charge in [-0.25, -0.2) is 0 Å². The third-order valence-corrected chi connectivity index (χ3v) is 8.01. The lowest BCUT2D eigenvalue weighted by molar-refractivity contribution is -0.0248. The molecular weight excluding hydrogens is 240 g/mol. The van der Waals surface area contributed by atoms with Crippen LogP contribution in [-0.4, -0.2) is 0 Å². The van der Waals surface area contributed by atoms with E-state index in [0.717, 1.165) is 23.7 Å². The van der Waals surface area contributed by atoms with Gasteiger partial charge in [-0.1, -0.05) is 38.8 Å². The van der Waals surface area contributed by atoms with Gasteiger partial charge in [0, 0.05) is 0 Å². The zero-order valence-electron chi connectivity index (χ0n) is 13.8. The first-order valence-electron chi connectivity index (χ1n) is 9.22. The van der Waals surface area contributed by atoms with Crippen LogP contribution in [0.2, 0.25) is 0 Å². The molecule has 0 bridgehead atoms. The fraction of sp³-hybridized carbons (Fsp3) is 0.900. The molecule has 0 nitrogen and oxygen atoms in total. The van der Waals surface area contributed by atoms with E-state index in [4.69, 9.17) is 0 Å². The van der Waals surface area contributed by atoms with Gasteiger partial charge >= 0.3 is 0 Å². The van der Waals surface area contributed by atoms with Crippen LogP contribution in [0.15, 0.2) is 11.6 Å². The minimum atomic E-state index is 0.592. The Morgan fingerprint density at radius 1 is 1.10 bits per heavy atom. The van der Waals surface area contributed by atoms with Crippen LogP contribution in [0, 0.1) is 34.5 Å². The van der Waals surface area contributed by atoms with Crippen LogP contribution in [-0.2, 0) is 0 Å². The number of rotatable bonds is 0. The third-order valence-electron chi connectivity index (χ3n) is 8.01. The molecule has 0 spiro atoms. The molecule has 0 aromatic heterocycles. The normalized spacial score (nSPS) is 54.6. The van der Waals surface area contributed by atoms with E-state index in [2.05, 4.69) is 26.8 Å². The Morgan fingerprint density at radius 2 is 1.95 bits per heavy atom. The standard InChI is InChI=1S/C20H32/c1-14-12-18-16-8-7-15-6-4-5-10-20(15,3)17(16)9-11-19(18,2)13-14/h7,14,16-18H,4-6,8-13H2,1-3H3/t14-,16-,17+,18+,19-,20+/m1/s1. The molecule has 0 N–H and O–H groups in total. The molecule has 0 unspecified atom stereocenters. The lowest BCUT2D eigenvalue weighted by atomic mass is 9.48. The molecule has 0 radical (unpaired) electrons. The van der Waals surface area contributed by atoms with Crippen LogP contribution < -0.4 is 0 Å².